The van der Waals surface area contributed by atoms with Crippen LogP contribution in [0.5, 0.6) is 0 Å². The molecule has 0 bridgehead atoms. The van der Waals surface area contributed by atoms with Gasteiger partial charge in [0.1, 0.15) is 0 Å². The Bertz CT molecular complexity index is 832. The Labute approximate surface area is 157 Å². The van der Waals surface area contributed by atoms with Crippen LogP contribution in [0.2, 0.25) is 39.3 Å². The number of aromatic carboxylic acids is 1. The highest BCUT2D eigenvalue weighted by molar-refractivity contribution is 6.92. The maximum atomic E-state index is 12.9. The minimum absolute atomic E-state index is 0.146. The lowest BCUT2D eigenvalue weighted by Crippen LogP contribution is -2.47. The zero-order valence-corrected chi connectivity index (χ0v) is 18.3. The van der Waals surface area contributed by atoms with Gasteiger partial charge in [-0.15, -0.1) is 0 Å². The van der Waals surface area contributed by atoms with E-state index in [1.807, 2.05) is 6.07 Å². The highest BCUT2D eigenvalue weighted by Gasteiger charge is 2.26. The molecule has 0 spiro atoms. The predicted octanol–water partition coefficient (Wildman–Crippen LogP) is 3.73. The summed E-state index contributed by atoms with van der Waals surface area (Å²) in [6.07, 6.45) is 0. The van der Waals surface area contributed by atoms with Crippen molar-refractivity contribution >= 4 is 44.1 Å². The molecule has 2 aromatic carbocycles. The topological polar surface area (TPSA) is 66.4 Å². The van der Waals surface area contributed by atoms with Crippen molar-refractivity contribution in [3.8, 4) is 0 Å². The Kier molecular flexibility index (Phi) is 5.58. The number of rotatable bonds is 5. The summed E-state index contributed by atoms with van der Waals surface area (Å²) in [5.41, 5.74) is 1.51. The van der Waals surface area contributed by atoms with Crippen LogP contribution >= 0.6 is 0 Å². The molecule has 4 nitrogen and oxygen atoms in total. The summed E-state index contributed by atoms with van der Waals surface area (Å²) in [7, 11) is -3.17. The average Bonchev–Trinajstić information content (AvgIpc) is 2.53. The molecule has 0 aliphatic carbocycles. The summed E-state index contributed by atoms with van der Waals surface area (Å²) in [5.74, 6) is -1.13. The second kappa shape index (κ2) is 7.21. The van der Waals surface area contributed by atoms with E-state index < -0.39 is 22.1 Å². The molecule has 0 saturated heterocycles. The van der Waals surface area contributed by atoms with Crippen LogP contribution in [0.4, 0.5) is 5.69 Å². The molecule has 1 amide bonds. The van der Waals surface area contributed by atoms with Crippen molar-refractivity contribution in [3.05, 3.63) is 53.6 Å². The van der Waals surface area contributed by atoms with E-state index in [0.29, 0.717) is 11.3 Å². The molecule has 2 aromatic rings. The van der Waals surface area contributed by atoms with E-state index in [4.69, 9.17) is 5.11 Å². The third-order valence-electron chi connectivity index (χ3n) is 4.33. The summed E-state index contributed by atoms with van der Waals surface area (Å²) < 4.78 is 0. The Balaban J connectivity index is 2.37. The van der Waals surface area contributed by atoms with E-state index in [9.17, 15) is 9.59 Å². The number of carbonyl (C=O) groups is 2. The largest absolute Gasteiger partial charge is 0.478 e. The molecular weight excluding hydrogens is 358 g/mol. The van der Waals surface area contributed by atoms with Gasteiger partial charge in [-0.1, -0.05) is 56.6 Å². The fraction of sp³-hybridized carbons (Fsp3) is 0.300. The van der Waals surface area contributed by atoms with Crippen LogP contribution in [-0.4, -0.2) is 33.1 Å². The third kappa shape index (κ3) is 4.71. The second-order valence-corrected chi connectivity index (χ2v) is 18.7. The zero-order valence-electron chi connectivity index (χ0n) is 16.3. The quantitative estimate of drug-likeness (QED) is 0.771. The van der Waals surface area contributed by atoms with Gasteiger partial charge in [0.15, 0.2) is 0 Å². The minimum Gasteiger partial charge on any atom is -0.478 e. The van der Waals surface area contributed by atoms with Crippen molar-refractivity contribution in [2.45, 2.75) is 39.3 Å². The van der Waals surface area contributed by atoms with Crippen LogP contribution in [-0.2, 0) is 0 Å². The summed E-state index contributed by atoms with van der Waals surface area (Å²) in [6, 6.07) is 12.5. The first kappa shape index (κ1) is 20.1. The number of benzene rings is 2. The monoisotopic (exact) mass is 385 g/mol. The minimum atomic E-state index is -1.71. The molecule has 0 aliphatic rings. The van der Waals surface area contributed by atoms with Gasteiger partial charge in [-0.2, -0.15) is 0 Å². The van der Waals surface area contributed by atoms with Crippen LogP contribution in [0.25, 0.3) is 0 Å². The van der Waals surface area contributed by atoms with Gasteiger partial charge < -0.3 is 10.4 Å². The molecule has 0 aliphatic heterocycles. The van der Waals surface area contributed by atoms with Gasteiger partial charge in [0.05, 0.1) is 21.7 Å². The Hall–Kier alpha value is -2.19. The Morgan fingerprint density at radius 1 is 0.846 bits per heavy atom. The maximum Gasteiger partial charge on any atom is 0.335 e. The van der Waals surface area contributed by atoms with E-state index in [2.05, 4.69) is 56.7 Å². The zero-order chi connectivity index (χ0) is 19.7. The predicted molar refractivity (Wildman–Crippen MR) is 114 cm³/mol. The lowest BCUT2D eigenvalue weighted by atomic mass is 10.2. The highest BCUT2D eigenvalue weighted by Crippen LogP contribution is 2.14. The Morgan fingerprint density at radius 3 is 1.88 bits per heavy atom. The van der Waals surface area contributed by atoms with E-state index in [1.54, 1.807) is 12.1 Å². The maximum absolute atomic E-state index is 12.9. The molecule has 0 radical (unpaired) electrons. The SMILES string of the molecule is C[Si](C)(C)c1ccc(C(=O)Nc2ccc(C(=O)O)cc2)c([Si](C)(C)C)c1. The summed E-state index contributed by atoms with van der Waals surface area (Å²) in [5, 5.41) is 14.4. The van der Waals surface area contributed by atoms with Crippen molar-refractivity contribution in [1.82, 2.24) is 0 Å². The lowest BCUT2D eigenvalue weighted by molar-refractivity contribution is 0.0696. The molecule has 26 heavy (non-hydrogen) atoms. The van der Waals surface area contributed by atoms with Gasteiger partial charge in [0.2, 0.25) is 0 Å². The molecule has 0 saturated carbocycles. The van der Waals surface area contributed by atoms with E-state index in [-0.39, 0.29) is 11.5 Å². The molecule has 138 valence electrons. The fourth-order valence-corrected chi connectivity index (χ4v) is 5.62. The molecule has 0 atom stereocenters. The number of hydrogen-bond acceptors (Lipinski definition) is 2. The normalized spacial score (nSPS) is 11.9. The van der Waals surface area contributed by atoms with Gasteiger partial charge in [-0.05, 0) is 35.5 Å². The van der Waals surface area contributed by atoms with Crippen LogP contribution in [0, 0.1) is 0 Å². The molecule has 6 heteroatoms. The summed E-state index contributed by atoms with van der Waals surface area (Å²) in [6.45, 7) is 13.7. The molecule has 0 unspecified atom stereocenters. The van der Waals surface area contributed by atoms with Crippen LogP contribution in [0.3, 0.4) is 0 Å². The number of carboxylic acid groups (broad SMARTS) is 1. The van der Waals surface area contributed by atoms with Crippen molar-refractivity contribution in [2.75, 3.05) is 5.32 Å². The number of hydrogen-bond donors (Lipinski definition) is 2. The van der Waals surface area contributed by atoms with E-state index >= 15 is 0 Å². The molecule has 0 aromatic heterocycles. The first-order valence-electron chi connectivity index (χ1n) is 8.69. The van der Waals surface area contributed by atoms with Crippen molar-refractivity contribution in [1.29, 1.82) is 0 Å². The smallest absolute Gasteiger partial charge is 0.335 e. The van der Waals surface area contributed by atoms with E-state index in [0.717, 1.165) is 5.19 Å². The first-order valence-corrected chi connectivity index (χ1v) is 15.7. The molecule has 2 N–H and O–H groups in total. The van der Waals surface area contributed by atoms with Crippen LogP contribution in [0.1, 0.15) is 20.7 Å². The molecule has 2 rings (SSSR count). The average molecular weight is 386 g/mol. The first-order chi connectivity index (χ1) is 11.9. The van der Waals surface area contributed by atoms with Crippen molar-refractivity contribution in [3.63, 3.8) is 0 Å². The van der Waals surface area contributed by atoms with Gasteiger partial charge in [0, 0.05) is 11.3 Å². The number of carbonyl (C=O) groups excluding carboxylic acids is 1. The fourth-order valence-electron chi connectivity index (χ4n) is 2.72. The molecule has 0 heterocycles. The standard InChI is InChI=1S/C20H27NO3Si2/c1-25(2,3)16-11-12-17(18(13-16)26(4,5)6)19(22)21-15-9-7-14(8-10-15)20(23)24/h7-13H,1-6H3,(H,21,22)(H,23,24). The number of amides is 1. The highest BCUT2D eigenvalue weighted by atomic mass is 28.3. The second-order valence-electron chi connectivity index (χ2n) is 8.60. The van der Waals surface area contributed by atoms with Gasteiger partial charge in [-0.3, -0.25) is 4.79 Å². The number of nitrogens with one attached hydrogen (secondary N) is 1. The lowest BCUT2D eigenvalue weighted by Gasteiger charge is -2.25. The van der Waals surface area contributed by atoms with Gasteiger partial charge >= 0.3 is 5.97 Å². The van der Waals surface area contributed by atoms with Crippen molar-refractivity contribution in [2.24, 2.45) is 0 Å². The van der Waals surface area contributed by atoms with Crippen LogP contribution < -0.4 is 15.7 Å². The summed E-state index contributed by atoms with van der Waals surface area (Å²) >= 11 is 0. The Morgan fingerprint density at radius 2 is 1.42 bits per heavy atom. The van der Waals surface area contributed by atoms with Gasteiger partial charge in [-0.25, -0.2) is 4.79 Å². The number of anilines is 1. The van der Waals surface area contributed by atoms with E-state index in [1.165, 1.54) is 17.3 Å². The third-order valence-corrected chi connectivity index (χ3v) is 8.40. The van der Waals surface area contributed by atoms with Crippen molar-refractivity contribution < 1.29 is 14.7 Å². The molecule has 0 fully saturated rings. The van der Waals surface area contributed by atoms with Crippen LogP contribution in [0.15, 0.2) is 42.5 Å². The van der Waals surface area contributed by atoms with Gasteiger partial charge in [0.25, 0.3) is 5.91 Å². The summed E-state index contributed by atoms with van der Waals surface area (Å²) in [4.78, 5) is 23.8. The number of carboxylic acids is 1. The molecular formula is C20H27NO3Si2.